The largest absolute Gasteiger partial charge is 0.490 e. The van der Waals surface area contributed by atoms with E-state index in [1.54, 1.807) is 0 Å². The Morgan fingerprint density at radius 2 is 1.60 bits per heavy atom. The van der Waals surface area contributed by atoms with Gasteiger partial charge in [-0.1, -0.05) is 5.92 Å². The maximum absolute atomic E-state index is 11.2. The van der Waals surface area contributed by atoms with E-state index in [2.05, 4.69) is 16.6 Å². The molecule has 0 aliphatic carbocycles. The van der Waals surface area contributed by atoms with E-state index in [0.29, 0.717) is 39.6 Å². The fourth-order valence-electron chi connectivity index (χ4n) is 1.01. The lowest BCUT2D eigenvalue weighted by Crippen LogP contribution is -2.33. The highest BCUT2D eigenvalue weighted by Crippen LogP contribution is 2.13. The highest BCUT2D eigenvalue weighted by molar-refractivity contribution is 5.77. The van der Waals surface area contributed by atoms with Gasteiger partial charge in [0.2, 0.25) is 5.91 Å². The van der Waals surface area contributed by atoms with Crippen molar-refractivity contribution in [2.24, 2.45) is 0 Å². The highest BCUT2D eigenvalue weighted by atomic mass is 19.4. The third kappa shape index (κ3) is 22.1. The zero-order valence-corrected chi connectivity index (χ0v) is 13.9. The average molecular weight is 372 g/mol. The number of amides is 1. The van der Waals surface area contributed by atoms with Gasteiger partial charge in [-0.05, 0) is 7.05 Å². The van der Waals surface area contributed by atoms with Crippen LogP contribution in [0.5, 0.6) is 0 Å². The van der Waals surface area contributed by atoms with Crippen LogP contribution in [0.4, 0.5) is 13.2 Å². The van der Waals surface area contributed by atoms with Gasteiger partial charge in [-0.2, -0.15) is 13.2 Å². The second kappa shape index (κ2) is 17.0. The van der Waals surface area contributed by atoms with Crippen LogP contribution in [-0.2, 0) is 23.8 Å². The molecule has 0 saturated carbocycles. The van der Waals surface area contributed by atoms with Gasteiger partial charge in [-0.25, -0.2) is 4.79 Å². The number of hydrogen-bond donors (Lipinski definition) is 3. The Hall–Kier alpha value is -1.87. The van der Waals surface area contributed by atoms with Crippen LogP contribution in [0.25, 0.3) is 0 Å². The molecule has 0 unspecified atom stereocenters. The Morgan fingerprint density at radius 3 is 2.08 bits per heavy atom. The van der Waals surface area contributed by atoms with Gasteiger partial charge in [0.15, 0.2) is 0 Å². The highest BCUT2D eigenvalue weighted by Gasteiger charge is 2.38. The summed E-state index contributed by atoms with van der Waals surface area (Å²) in [5, 5.41) is 12.8. The molecule has 1 amide bonds. The van der Waals surface area contributed by atoms with Crippen molar-refractivity contribution in [1.29, 1.82) is 0 Å². The predicted molar refractivity (Wildman–Crippen MR) is 81.9 cm³/mol. The Kier molecular flexibility index (Phi) is 17.2. The quantitative estimate of drug-likeness (QED) is 0.317. The van der Waals surface area contributed by atoms with Crippen molar-refractivity contribution < 1.29 is 42.1 Å². The van der Waals surface area contributed by atoms with Gasteiger partial charge in [0.25, 0.3) is 0 Å². The van der Waals surface area contributed by atoms with Crippen LogP contribution in [0.2, 0.25) is 0 Å². The van der Waals surface area contributed by atoms with Crippen LogP contribution in [0.3, 0.4) is 0 Å². The molecular formula is C14H23F3N2O6. The lowest BCUT2D eigenvalue weighted by molar-refractivity contribution is -0.192. The number of carbonyl (C=O) groups excluding carboxylic acids is 1. The lowest BCUT2D eigenvalue weighted by atomic mass is 10.5. The van der Waals surface area contributed by atoms with E-state index in [9.17, 15) is 18.0 Å². The van der Waals surface area contributed by atoms with Crippen molar-refractivity contribution in [2.75, 3.05) is 59.8 Å². The number of terminal acetylenes is 1. The van der Waals surface area contributed by atoms with E-state index in [4.69, 9.17) is 30.5 Å². The number of carbonyl (C=O) groups is 2. The smallest absolute Gasteiger partial charge is 0.475 e. The topological polar surface area (TPSA) is 106 Å². The Morgan fingerprint density at radius 1 is 1.08 bits per heavy atom. The van der Waals surface area contributed by atoms with Crippen LogP contribution in [-0.4, -0.2) is 82.9 Å². The van der Waals surface area contributed by atoms with Crippen molar-refractivity contribution in [1.82, 2.24) is 10.6 Å². The predicted octanol–water partition coefficient (Wildman–Crippen LogP) is -0.362. The first-order valence-electron chi connectivity index (χ1n) is 7.13. The van der Waals surface area contributed by atoms with E-state index < -0.39 is 12.1 Å². The third-order valence-corrected chi connectivity index (χ3v) is 2.10. The summed E-state index contributed by atoms with van der Waals surface area (Å²) in [6.45, 7) is 3.45. The molecule has 146 valence electrons. The zero-order chi connectivity index (χ0) is 19.6. The number of rotatable bonds is 12. The molecular weight excluding hydrogens is 349 g/mol. The number of alkyl halides is 3. The molecule has 25 heavy (non-hydrogen) atoms. The van der Waals surface area contributed by atoms with Gasteiger partial charge in [0.05, 0.1) is 26.4 Å². The summed E-state index contributed by atoms with van der Waals surface area (Å²) in [6.07, 6.45) is -0.0801. The summed E-state index contributed by atoms with van der Waals surface area (Å²) < 4.78 is 47.1. The molecule has 0 saturated heterocycles. The van der Waals surface area contributed by atoms with Crippen molar-refractivity contribution in [3.63, 3.8) is 0 Å². The van der Waals surface area contributed by atoms with Crippen molar-refractivity contribution >= 4 is 11.9 Å². The molecule has 0 atom stereocenters. The minimum Gasteiger partial charge on any atom is -0.475 e. The van der Waals surface area contributed by atoms with Crippen molar-refractivity contribution in [2.45, 2.75) is 6.18 Å². The first-order valence-corrected chi connectivity index (χ1v) is 7.13. The molecule has 0 spiro atoms. The van der Waals surface area contributed by atoms with Crippen LogP contribution >= 0.6 is 0 Å². The molecule has 0 aromatic heterocycles. The zero-order valence-electron chi connectivity index (χ0n) is 13.9. The summed E-state index contributed by atoms with van der Waals surface area (Å²) in [7, 11) is 1.83. The molecule has 0 rings (SSSR count). The number of carboxylic acid groups (broad SMARTS) is 1. The second-order valence-corrected chi connectivity index (χ2v) is 4.18. The van der Waals surface area contributed by atoms with Crippen LogP contribution in [0.1, 0.15) is 0 Å². The molecule has 0 radical (unpaired) electrons. The fourth-order valence-corrected chi connectivity index (χ4v) is 1.01. The van der Waals surface area contributed by atoms with Gasteiger partial charge in [0, 0.05) is 13.1 Å². The Labute approximate surface area is 144 Å². The number of halogens is 3. The van der Waals surface area contributed by atoms with Gasteiger partial charge < -0.3 is 30.0 Å². The summed E-state index contributed by atoms with van der Waals surface area (Å²) in [6, 6.07) is 0. The number of likely N-dealkylation sites (N-methyl/N-ethyl adjacent to an activating group) is 1. The summed E-state index contributed by atoms with van der Waals surface area (Å²) in [5.41, 5.74) is 0. The second-order valence-electron chi connectivity index (χ2n) is 4.18. The van der Waals surface area contributed by atoms with Gasteiger partial charge >= 0.3 is 12.1 Å². The molecule has 0 heterocycles. The number of carboxylic acids is 1. The van der Waals surface area contributed by atoms with Gasteiger partial charge in [-0.3, -0.25) is 4.79 Å². The van der Waals surface area contributed by atoms with E-state index >= 15 is 0 Å². The molecule has 0 bridgehead atoms. The maximum Gasteiger partial charge on any atom is 0.490 e. The molecule has 0 fully saturated rings. The number of ether oxygens (including phenoxy) is 3. The molecule has 0 aromatic carbocycles. The van der Waals surface area contributed by atoms with E-state index in [-0.39, 0.29) is 12.5 Å². The summed E-state index contributed by atoms with van der Waals surface area (Å²) >= 11 is 0. The number of aliphatic carboxylic acids is 1. The van der Waals surface area contributed by atoms with Gasteiger partial charge in [0.1, 0.15) is 13.2 Å². The normalized spacial score (nSPS) is 10.4. The van der Waals surface area contributed by atoms with Crippen LogP contribution < -0.4 is 10.6 Å². The van der Waals surface area contributed by atoms with E-state index in [1.807, 2.05) is 7.05 Å². The molecule has 11 heteroatoms. The van der Waals surface area contributed by atoms with Crippen LogP contribution in [0.15, 0.2) is 0 Å². The monoisotopic (exact) mass is 372 g/mol. The molecule has 3 N–H and O–H groups in total. The lowest BCUT2D eigenvalue weighted by Gasteiger charge is -2.06. The van der Waals surface area contributed by atoms with Gasteiger partial charge in [-0.15, -0.1) is 6.42 Å². The molecule has 0 aromatic rings. The third-order valence-electron chi connectivity index (χ3n) is 2.10. The van der Waals surface area contributed by atoms with Crippen molar-refractivity contribution in [3.05, 3.63) is 0 Å². The molecule has 0 aliphatic rings. The van der Waals surface area contributed by atoms with Crippen LogP contribution in [0, 0.1) is 12.3 Å². The standard InChI is InChI=1S/C12H22N2O4.C2HF3O2/c1-3-6-16-7-8-17-9-10-18-11-12(15)14-5-4-13-2;3-2(4,5)1(6)7/h1,13H,4-11H2,2H3,(H,14,15);(H,6,7). The minimum absolute atomic E-state index is 0.0562. The Bertz CT molecular complexity index is 399. The number of nitrogens with one attached hydrogen (secondary N) is 2. The minimum atomic E-state index is -5.08. The first-order chi connectivity index (χ1) is 11.8. The first kappa shape index (κ1) is 25.4. The Balaban J connectivity index is 0. The molecule has 0 aliphatic heterocycles. The molecule has 8 nitrogen and oxygen atoms in total. The van der Waals surface area contributed by atoms with E-state index in [1.165, 1.54) is 0 Å². The summed E-state index contributed by atoms with van der Waals surface area (Å²) in [4.78, 5) is 20.1. The van der Waals surface area contributed by atoms with Crippen molar-refractivity contribution in [3.8, 4) is 12.3 Å². The SMILES string of the molecule is C#CCOCCOCCOCC(=O)NCCNC.O=C(O)C(F)(F)F. The maximum atomic E-state index is 11.2. The number of hydrogen-bond acceptors (Lipinski definition) is 6. The van der Waals surface area contributed by atoms with E-state index in [0.717, 1.165) is 6.54 Å². The average Bonchev–Trinajstić information content (AvgIpc) is 2.53. The fraction of sp³-hybridized carbons (Fsp3) is 0.714. The summed E-state index contributed by atoms with van der Waals surface area (Å²) in [5.74, 6) is -0.519.